The average molecular weight is 254 g/mol. The topological polar surface area (TPSA) is 24.5 Å². The highest BCUT2D eigenvalue weighted by molar-refractivity contribution is 4.97. The third-order valence-corrected chi connectivity index (χ3v) is 4.53. The lowest BCUT2D eigenvalue weighted by Gasteiger charge is -2.47. The Morgan fingerprint density at radius 3 is 2.50 bits per heavy atom. The van der Waals surface area contributed by atoms with Gasteiger partial charge in [-0.05, 0) is 31.1 Å². The molecule has 0 amide bonds. The van der Waals surface area contributed by atoms with Crippen LogP contribution in [0, 0.1) is 11.3 Å². The van der Waals surface area contributed by atoms with E-state index < -0.39 is 0 Å². The quantitative estimate of drug-likeness (QED) is 0.832. The van der Waals surface area contributed by atoms with Crippen LogP contribution in [0.25, 0.3) is 0 Å². The Labute approximate surface area is 112 Å². The summed E-state index contributed by atoms with van der Waals surface area (Å²) in [5.41, 5.74) is 0.328. The summed E-state index contributed by atoms with van der Waals surface area (Å²) in [5.74, 6) is 0.936. The van der Waals surface area contributed by atoms with Crippen molar-refractivity contribution in [2.75, 3.05) is 26.7 Å². The van der Waals surface area contributed by atoms with Gasteiger partial charge in [0.2, 0.25) is 0 Å². The molecule has 3 nitrogen and oxygen atoms in total. The van der Waals surface area contributed by atoms with Crippen molar-refractivity contribution in [1.82, 2.24) is 10.2 Å². The van der Waals surface area contributed by atoms with E-state index in [9.17, 15) is 0 Å². The largest absolute Gasteiger partial charge is 0.380 e. The van der Waals surface area contributed by atoms with Gasteiger partial charge in [-0.3, -0.25) is 4.90 Å². The Hall–Kier alpha value is -0.120. The lowest BCUT2D eigenvalue weighted by Crippen LogP contribution is -2.62. The lowest BCUT2D eigenvalue weighted by atomic mass is 9.83. The SMILES string of the molecule is COC(C)CN1CC(C2CC2)NCC1C(C)(C)C. The van der Waals surface area contributed by atoms with Crippen molar-refractivity contribution < 1.29 is 4.74 Å². The Bertz CT molecular complexity index is 270. The molecule has 1 N–H and O–H groups in total. The van der Waals surface area contributed by atoms with Crippen molar-refractivity contribution in [2.24, 2.45) is 11.3 Å². The first-order valence-electron chi connectivity index (χ1n) is 7.42. The third-order valence-electron chi connectivity index (χ3n) is 4.53. The highest BCUT2D eigenvalue weighted by Crippen LogP contribution is 2.36. The molecule has 1 saturated carbocycles. The summed E-state index contributed by atoms with van der Waals surface area (Å²) < 4.78 is 5.46. The molecule has 0 aromatic heterocycles. The second-order valence-electron chi connectivity index (χ2n) is 7.23. The fraction of sp³-hybridized carbons (Fsp3) is 1.00. The summed E-state index contributed by atoms with van der Waals surface area (Å²) in [5, 5.41) is 3.78. The predicted molar refractivity (Wildman–Crippen MR) is 75.8 cm³/mol. The van der Waals surface area contributed by atoms with Crippen LogP contribution in [0.2, 0.25) is 0 Å². The first-order chi connectivity index (χ1) is 8.41. The van der Waals surface area contributed by atoms with Gasteiger partial charge in [0.1, 0.15) is 0 Å². The van der Waals surface area contributed by atoms with Gasteiger partial charge in [-0.2, -0.15) is 0 Å². The van der Waals surface area contributed by atoms with E-state index in [-0.39, 0.29) is 0 Å². The monoisotopic (exact) mass is 254 g/mol. The molecule has 0 aromatic rings. The van der Waals surface area contributed by atoms with E-state index in [1.807, 2.05) is 7.11 Å². The minimum Gasteiger partial charge on any atom is -0.380 e. The van der Waals surface area contributed by atoms with Crippen molar-refractivity contribution in [2.45, 2.75) is 58.7 Å². The Morgan fingerprint density at radius 2 is 2.00 bits per heavy atom. The summed E-state index contributed by atoms with van der Waals surface area (Å²) in [6.45, 7) is 12.6. The second-order valence-corrected chi connectivity index (χ2v) is 7.23. The molecule has 0 spiro atoms. The molecular formula is C15H30N2O. The molecule has 3 unspecified atom stereocenters. The number of nitrogens with zero attached hydrogens (tertiary/aromatic N) is 1. The van der Waals surface area contributed by atoms with E-state index in [0.29, 0.717) is 23.6 Å². The molecule has 0 bridgehead atoms. The molecule has 2 rings (SSSR count). The number of methoxy groups -OCH3 is 1. The second kappa shape index (κ2) is 5.48. The maximum absolute atomic E-state index is 5.46. The van der Waals surface area contributed by atoms with Crippen LogP contribution in [0.5, 0.6) is 0 Å². The molecule has 1 saturated heterocycles. The first-order valence-corrected chi connectivity index (χ1v) is 7.42. The van der Waals surface area contributed by atoms with Gasteiger partial charge in [0.05, 0.1) is 6.10 Å². The number of hydrogen-bond acceptors (Lipinski definition) is 3. The van der Waals surface area contributed by atoms with E-state index in [1.54, 1.807) is 0 Å². The molecule has 3 heteroatoms. The van der Waals surface area contributed by atoms with Crippen LogP contribution >= 0.6 is 0 Å². The molecule has 2 fully saturated rings. The van der Waals surface area contributed by atoms with E-state index in [1.165, 1.54) is 19.4 Å². The number of ether oxygens (including phenoxy) is 1. The van der Waals surface area contributed by atoms with Gasteiger partial charge >= 0.3 is 0 Å². The molecule has 0 aromatic carbocycles. The van der Waals surface area contributed by atoms with Crippen molar-refractivity contribution in [3.8, 4) is 0 Å². The van der Waals surface area contributed by atoms with E-state index >= 15 is 0 Å². The van der Waals surface area contributed by atoms with Gasteiger partial charge in [0.25, 0.3) is 0 Å². The highest BCUT2D eigenvalue weighted by Gasteiger charge is 2.40. The van der Waals surface area contributed by atoms with Crippen LogP contribution in [0.3, 0.4) is 0 Å². The normalized spacial score (nSPS) is 32.5. The van der Waals surface area contributed by atoms with Crippen molar-refractivity contribution in [3.05, 3.63) is 0 Å². The van der Waals surface area contributed by atoms with Crippen LogP contribution in [-0.4, -0.2) is 49.8 Å². The van der Waals surface area contributed by atoms with Crippen molar-refractivity contribution in [1.29, 1.82) is 0 Å². The third kappa shape index (κ3) is 3.46. The standard InChI is InChI=1S/C15H30N2O/c1-11(18-5)9-17-10-13(12-6-7-12)16-8-14(17)15(2,3)4/h11-14,16H,6-10H2,1-5H3. The minimum atomic E-state index is 0.327. The zero-order chi connectivity index (χ0) is 13.3. The zero-order valence-electron chi connectivity index (χ0n) is 12.7. The average Bonchev–Trinajstić information content (AvgIpc) is 3.11. The number of hydrogen-bond donors (Lipinski definition) is 1. The molecule has 1 heterocycles. The van der Waals surface area contributed by atoms with E-state index in [2.05, 4.69) is 37.9 Å². The van der Waals surface area contributed by atoms with Crippen LogP contribution in [0.15, 0.2) is 0 Å². The van der Waals surface area contributed by atoms with Crippen molar-refractivity contribution >= 4 is 0 Å². The molecular weight excluding hydrogens is 224 g/mol. The summed E-state index contributed by atoms with van der Waals surface area (Å²) >= 11 is 0. The highest BCUT2D eigenvalue weighted by atomic mass is 16.5. The van der Waals surface area contributed by atoms with Crippen LogP contribution in [0.1, 0.15) is 40.5 Å². The van der Waals surface area contributed by atoms with Gasteiger partial charge in [-0.15, -0.1) is 0 Å². The van der Waals surface area contributed by atoms with Gasteiger partial charge in [-0.25, -0.2) is 0 Å². The molecule has 3 atom stereocenters. The molecule has 106 valence electrons. The van der Waals surface area contributed by atoms with E-state index in [4.69, 9.17) is 4.74 Å². The van der Waals surface area contributed by atoms with Crippen LogP contribution in [-0.2, 0) is 4.74 Å². The molecule has 1 aliphatic heterocycles. The lowest BCUT2D eigenvalue weighted by molar-refractivity contribution is 0.00446. The molecule has 1 aliphatic carbocycles. The predicted octanol–water partition coefficient (Wildman–Crippen LogP) is 2.12. The number of nitrogens with one attached hydrogen (secondary N) is 1. The van der Waals surface area contributed by atoms with Crippen LogP contribution in [0.4, 0.5) is 0 Å². The summed E-state index contributed by atoms with van der Waals surface area (Å²) in [7, 11) is 1.82. The fourth-order valence-electron chi connectivity index (χ4n) is 3.11. The maximum atomic E-state index is 5.46. The molecule has 0 radical (unpaired) electrons. The Kier molecular flexibility index (Phi) is 4.35. The summed E-state index contributed by atoms with van der Waals surface area (Å²) in [4.78, 5) is 2.66. The molecule has 2 aliphatic rings. The van der Waals surface area contributed by atoms with Crippen molar-refractivity contribution in [3.63, 3.8) is 0 Å². The summed E-state index contributed by atoms with van der Waals surface area (Å²) in [6, 6.07) is 1.33. The Balaban J connectivity index is 2.00. The number of rotatable bonds is 4. The van der Waals surface area contributed by atoms with Gasteiger partial charge in [0.15, 0.2) is 0 Å². The maximum Gasteiger partial charge on any atom is 0.0670 e. The fourth-order valence-corrected chi connectivity index (χ4v) is 3.11. The van der Waals surface area contributed by atoms with E-state index in [0.717, 1.165) is 19.0 Å². The zero-order valence-corrected chi connectivity index (χ0v) is 12.7. The minimum absolute atomic E-state index is 0.327. The van der Waals surface area contributed by atoms with Crippen LogP contribution < -0.4 is 5.32 Å². The number of piperazine rings is 1. The Morgan fingerprint density at radius 1 is 1.33 bits per heavy atom. The van der Waals surface area contributed by atoms with Gasteiger partial charge < -0.3 is 10.1 Å². The van der Waals surface area contributed by atoms with Gasteiger partial charge in [0, 0.05) is 38.8 Å². The van der Waals surface area contributed by atoms with Gasteiger partial charge in [-0.1, -0.05) is 20.8 Å². The smallest absolute Gasteiger partial charge is 0.0670 e. The first kappa shape index (κ1) is 14.3. The summed E-state index contributed by atoms with van der Waals surface area (Å²) in [6.07, 6.45) is 3.17. The molecule has 18 heavy (non-hydrogen) atoms.